The van der Waals surface area contributed by atoms with E-state index >= 15 is 0 Å². The molecule has 0 aliphatic carbocycles. The number of carbonyl (C=O) groups excluding carboxylic acids is 1. The van der Waals surface area contributed by atoms with E-state index in [2.05, 4.69) is 5.32 Å². The van der Waals surface area contributed by atoms with Crippen LogP contribution in [0.15, 0.2) is 18.2 Å². The number of nitrogens with one attached hydrogen (secondary N) is 1. The van der Waals surface area contributed by atoms with Crippen molar-refractivity contribution >= 4 is 11.6 Å². The lowest BCUT2D eigenvalue weighted by atomic mass is 10.2. The third-order valence-corrected chi connectivity index (χ3v) is 2.18. The van der Waals surface area contributed by atoms with Gasteiger partial charge in [-0.3, -0.25) is 4.79 Å². The van der Waals surface area contributed by atoms with E-state index in [1.165, 1.54) is 13.2 Å². The highest BCUT2D eigenvalue weighted by atomic mass is 19.1. The van der Waals surface area contributed by atoms with Gasteiger partial charge in [0.2, 0.25) is 5.91 Å². The van der Waals surface area contributed by atoms with E-state index in [0.29, 0.717) is 13.0 Å². The summed E-state index contributed by atoms with van der Waals surface area (Å²) >= 11 is 0. The lowest BCUT2D eigenvalue weighted by Crippen LogP contribution is -2.36. The molecule has 0 aliphatic rings. The van der Waals surface area contributed by atoms with Crippen molar-refractivity contribution in [3.05, 3.63) is 24.0 Å². The number of hydrogen-bond acceptors (Lipinski definition) is 4. The van der Waals surface area contributed by atoms with Gasteiger partial charge in [0.25, 0.3) is 0 Å². The summed E-state index contributed by atoms with van der Waals surface area (Å²) in [6, 6.07) is 2.85. The lowest BCUT2D eigenvalue weighted by molar-refractivity contribution is -0.117. The van der Waals surface area contributed by atoms with Crippen LogP contribution in [0.5, 0.6) is 5.75 Å². The summed E-state index contributed by atoms with van der Waals surface area (Å²) in [6.45, 7) is 0.374. The van der Waals surface area contributed by atoms with Crippen molar-refractivity contribution in [2.45, 2.75) is 12.5 Å². The zero-order chi connectivity index (χ0) is 12.8. The van der Waals surface area contributed by atoms with Gasteiger partial charge in [0.1, 0.15) is 0 Å². The lowest BCUT2D eigenvalue weighted by Gasteiger charge is -2.11. The van der Waals surface area contributed by atoms with Gasteiger partial charge >= 0.3 is 0 Å². The molecule has 0 heterocycles. The number of phenolic OH excluding ortho intramolecular Hbond substituents is 1. The molecule has 0 spiro atoms. The molecule has 1 atom stereocenters. The Hall–Kier alpha value is -1.66. The maximum Gasteiger partial charge on any atom is 0.241 e. The Kier molecular flexibility index (Phi) is 4.86. The first kappa shape index (κ1) is 13.4. The fraction of sp³-hybridized carbons (Fsp3) is 0.364. The van der Waals surface area contributed by atoms with Gasteiger partial charge < -0.3 is 20.9 Å². The molecule has 6 heteroatoms. The van der Waals surface area contributed by atoms with Crippen LogP contribution in [0, 0.1) is 5.82 Å². The summed E-state index contributed by atoms with van der Waals surface area (Å²) in [5, 5.41) is 11.4. The number of hydrogen-bond donors (Lipinski definition) is 3. The predicted octanol–water partition coefficient (Wildman–Crippen LogP) is 0.834. The minimum absolute atomic E-state index is 0.248. The first-order chi connectivity index (χ1) is 8.04. The molecule has 17 heavy (non-hydrogen) atoms. The highest BCUT2D eigenvalue weighted by Gasteiger charge is 2.13. The third-order valence-electron chi connectivity index (χ3n) is 2.18. The van der Waals surface area contributed by atoms with Crippen LogP contribution in [0.2, 0.25) is 0 Å². The summed E-state index contributed by atoms with van der Waals surface area (Å²) in [5.41, 5.74) is 5.83. The van der Waals surface area contributed by atoms with Crippen LogP contribution in [-0.4, -0.2) is 30.8 Å². The average molecular weight is 242 g/mol. The maximum absolute atomic E-state index is 13.0. The molecular weight excluding hydrogens is 227 g/mol. The van der Waals surface area contributed by atoms with E-state index in [0.717, 1.165) is 12.1 Å². The van der Waals surface area contributed by atoms with Crippen molar-refractivity contribution in [2.24, 2.45) is 5.73 Å². The summed E-state index contributed by atoms with van der Waals surface area (Å²) in [7, 11) is 1.51. The van der Waals surface area contributed by atoms with Crippen molar-refractivity contribution < 1.29 is 19.0 Å². The van der Waals surface area contributed by atoms with Crippen LogP contribution >= 0.6 is 0 Å². The SMILES string of the molecule is COCCC(N)C(=O)Nc1ccc(O)c(F)c1. The Morgan fingerprint density at radius 3 is 2.94 bits per heavy atom. The van der Waals surface area contributed by atoms with E-state index in [4.69, 9.17) is 15.6 Å². The van der Waals surface area contributed by atoms with Gasteiger partial charge in [0, 0.05) is 25.5 Å². The Balaban J connectivity index is 2.58. The van der Waals surface area contributed by atoms with Crippen LogP contribution in [0.25, 0.3) is 0 Å². The van der Waals surface area contributed by atoms with Gasteiger partial charge in [0.15, 0.2) is 11.6 Å². The fourth-order valence-corrected chi connectivity index (χ4v) is 1.20. The molecule has 1 amide bonds. The highest BCUT2D eigenvalue weighted by Crippen LogP contribution is 2.19. The van der Waals surface area contributed by atoms with E-state index in [9.17, 15) is 9.18 Å². The van der Waals surface area contributed by atoms with E-state index in [1.54, 1.807) is 0 Å². The molecule has 1 unspecified atom stereocenters. The number of carbonyl (C=O) groups is 1. The van der Waals surface area contributed by atoms with Gasteiger partial charge in [-0.05, 0) is 18.6 Å². The number of benzene rings is 1. The van der Waals surface area contributed by atoms with Crippen LogP contribution < -0.4 is 11.1 Å². The molecule has 0 radical (unpaired) electrons. The minimum Gasteiger partial charge on any atom is -0.505 e. The molecule has 0 bridgehead atoms. The predicted molar refractivity (Wildman–Crippen MR) is 61.2 cm³/mol. The molecular formula is C11H15FN2O3. The first-order valence-corrected chi connectivity index (χ1v) is 5.08. The van der Waals surface area contributed by atoms with Crippen LogP contribution in [-0.2, 0) is 9.53 Å². The van der Waals surface area contributed by atoms with Gasteiger partial charge in [-0.25, -0.2) is 4.39 Å². The standard InChI is InChI=1S/C11H15FN2O3/c1-17-5-4-9(13)11(16)14-7-2-3-10(15)8(12)6-7/h2-3,6,9,15H,4-5,13H2,1H3,(H,14,16). The Morgan fingerprint density at radius 2 is 2.35 bits per heavy atom. The van der Waals surface area contributed by atoms with Gasteiger partial charge in [-0.2, -0.15) is 0 Å². The first-order valence-electron chi connectivity index (χ1n) is 5.08. The van der Waals surface area contributed by atoms with Crippen LogP contribution in [0.1, 0.15) is 6.42 Å². The molecule has 0 aromatic heterocycles. The van der Waals surface area contributed by atoms with Gasteiger partial charge in [-0.1, -0.05) is 0 Å². The smallest absolute Gasteiger partial charge is 0.241 e. The normalized spacial score (nSPS) is 12.2. The second kappa shape index (κ2) is 6.17. The summed E-state index contributed by atoms with van der Waals surface area (Å²) in [4.78, 5) is 11.5. The number of phenols is 1. The second-order valence-electron chi connectivity index (χ2n) is 3.54. The molecule has 0 aliphatic heterocycles. The number of halogens is 1. The summed E-state index contributed by atoms with van der Waals surface area (Å²) in [5.74, 6) is -1.69. The number of rotatable bonds is 5. The van der Waals surface area contributed by atoms with Crippen molar-refractivity contribution in [1.29, 1.82) is 0 Å². The van der Waals surface area contributed by atoms with E-state index in [-0.39, 0.29) is 5.69 Å². The number of anilines is 1. The largest absolute Gasteiger partial charge is 0.505 e. The highest BCUT2D eigenvalue weighted by molar-refractivity contribution is 5.94. The Morgan fingerprint density at radius 1 is 1.65 bits per heavy atom. The van der Waals surface area contributed by atoms with Crippen molar-refractivity contribution in [3.8, 4) is 5.75 Å². The van der Waals surface area contributed by atoms with Crippen molar-refractivity contribution in [3.63, 3.8) is 0 Å². The monoisotopic (exact) mass is 242 g/mol. The number of methoxy groups -OCH3 is 1. The third kappa shape index (κ3) is 4.01. The van der Waals surface area contributed by atoms with Crippen LogP contribution in [0.3, 0.4) is 0 Å². The van der Waals surface area contributed by atoms with Crippen LogP contribution in [0.4, 0.5) is 10.1 Å². The Labute approximate surface area is 98.4 Å². The molecule has 94 valence electrons. The quantitative estimate of drug-likeness (QED) is 0.668. The van der Waals surface area contributed by atoms with E-state index < -0.39 is 23.5 Å². The second-order valence-corrected chi connectivity index (χ2v) is 3.54. The van der Waals surface area contributed by atoms with Crippen molar-refractivity contribution in [1.82, 2.24) is 0 Å². The average Bonchev–Trinajstić information content (AvgIpc) is 2.30. The molecule has 0 saturated heterocycles. The molecule has 1 aromatic carbocycles. The molecule has 1 rings (SSSR count). The molecule has 0 fully saturated rings. The minimum atomic E-state index is -0.798. The number of aromatic hydroxyl groups is 1. The van der Waals surface area contributed by atoms with Gasteiger partial charge in [0.05, 0.1) is 6.04 Å². The Bertz CT molecular complexity index is 398. The summed E-state index contributed by atoms with van der Waals surface area (Å²) < 4.78 is 17.8. The molecule has 4 N–H and O–H groups in total. The summed E-state index contributed by atoms with van der Waals surface area (Å²) in [6.07, 6.45) is 0.378. The fourth-order valence-electron chi connectivity index (χ4n) is 1.20. The maximum atomic E-state index is 13.0. The molecule has 5 nitrogen and oxygen atoms in total. The van der Waals surface area contributed by atoms with E-state index in [1.807, 2.05) is 0 Å². The topological polar surface area (TPSA) is 84.6 Å². The molecule has 1 aromatic rings. The van der Waals surface area contributed by atoms with Crippen molar-refractivity contribution in [2.75, 3.05) is 19.0 Å². The number of nitrogens with two attached hydrogens (primary N) is 1. The number of ether oxygens (including phenoxy) is 1. The van der Waals surface area contributed by atoms with Gasteiger partial charge in [-0.15, -0.1) is 0 Å². The zero-order valence-corrected chi connectivity index (χ0v) is 9.44. The number of amides is 1. The molecule has 0 saturated carbocycles. The zero-order valence-electron chi connectivity index (χ0n) is 9.44.